The molecule has 1 atom stereocenters. The number of urea groups is 1. The van der Waals surface area contributed by atoms with Crippen LogP contribution in [0.25, 0.3) is 0 Å². The zero-order valence-corrected chi connectivity index (χ0v) is 15.0. The smallest absolute Gasteiger partial charge is 0.325 e. The van der Waals surface area contributed by atoms with Gasteiger partial charge < -0.3 is 15.4 Å². The van der Waals surface area contributed by atoms with Gasteiger partial charge in [0.05, 0.1) is 19.3 Å². The van der Waals surface area contributed by atoms with Crippen LogP contribution >= 0.6 is 0 Å². The number of carbonyl (C=O) groups excluding carboxylic acids is 3. The van der Waals surface area contributed by atoms with Crippen LogP contribution in [0.4, 0.5) is 10.5 Å². The standard InChI is InChI=1S/C20H21N3O4/c1-27-17-10-6-5-9-15(17)21-18(24)12-11-16-19(25)23(20(26)22-16)13-14-7-3-2-4-8-14/h2-10,16H,11-13H2,1H3,(H,21,24)(H,22,26)/t16-/m0/s1. The second-order valence-electron chi connectivity index (χ2n) is 6.20. The predicted molar refractivity (Wildman–Crippen MR) is 100 cm³/mol. The van der Waals surface area contributed by atoms with Crippen LogP contribution in [0.15, 0.2) is 54.6 Å². The van der Waals surface area contributed by atoms with Crippen LogP contribution in [0.3, 0.4) is 0 Å². The lowest BCUT2D eigenvalue weighted by Gasteiger charge is -2.13. The van der Waals surface area contributed by atoms with Gasteiger partial charge in [0.25, 0.3) is 5.91 Å². The second-order valence-corrected chi connectivity index (χ2v) is 6.20. The highest BCUT2D eigenvalue weighted by Crippen LogP contribution is 2.23. The van der Waals surface area contributed by atoms with E-state index in [4.69, 9.17) is 4.74 Å². The van der Waals surface area contributed by atoms with Gasteiger partial charge in [0.2, 0.25) is 5.91 Å². The largest absolute Gasteiger partial charge is 0.495 e. The monoisotopic (exact) mass is 367 g/mol. The fourth-order valence-electron chi connectivity index (χ4n) is 2.92. The summed E-state index contributed by atoms with van der Waals surface area (Å²) >= 11 is 0. The van der Waals surface area contributed by atoms with E-state index in [2.05, 4.69) is 10.6 Å². The highest BCUT2D eigenvalue weighted by molar-refractivity contribution is 6.04. The predicted octanol–water partition coefficient (Wildman–Crippen LogP) is 2.53. The Morgan fingerprint density at radius 3 is 2.56 bits per heavy atom. The molecule has 1 fully saturated rings. The third kappa shape index (κ3) is 4.44. The molecule has 0 bridgehead atoms. The van der Waals surface area contributed by atoms with E-state index in [1.807, 2.05) is 36.4 Å². The number of amides is 4. The molecule has 2 N–H and O–H groups in total. The summed E-state index contributed by atoms with van der Waals surface area (Å²) in [5.74, 6) is 0.00198. The Morgan fingerprint density at radius 1 is 1.11 bits per heavy atom. The van der Waals surface area contributed by atoms with Gasteiger partial charge in [0.15, 0.2) is 0 Å². The molecular weight excluding hydrogens is 346 g/mol. The number of rotatable bonds is 7. The summed E-state index contributed by atoms with van der Waals surface area (Å²) in [6, 6.07) is 15.3. The Kier molecular flexibility index (Phi) is 5.71. The summed E-state index contributed by atoms with van der Waals surface area (Å²) in [6.45, 7) is 0.218. The summed E-state index contributed by atoms with van der Waals surface area (Å²) in [5, 5.41) is 5.41. The SMILES string of the molecule is COc1ccccc1NC(=O)CC[C@@H]1NC(=O)N(Cc2ccccc2)C1=O. The first-order valence-corrected chi connectivity index (χ1v) is 8.67. The van der Waals surface area contributed by atoms with Crippen molar-refractivity contribution in [3.63, 3.8) is 0 Å². The van der Waals surface area contributed by atoms with Gasteiger partial charge in [-0.1, -0.05) is 42.5 Å². The lowest BCUT2D eigenvalue weighted by molar-refractivity contribution is -0.128. The first kappa shape index (κ1) is 18.4. The summed E-state index contributed by atoms with van der Waals surface area (Å²) < 4.78 is 5.19. The lowest BCUT2D eigenvalue weighted by Crippen LogP contribution is -2.31. The average Bonchev–Trinajstić information content (AvgIpc) is 2.95. The number of benzene rings is 2. The molecule has 2 aromatic rings. The van der Waals surface area contributed by atoms with Gasteiger partial charge in [-0.2, -0.15) is 0 Å². The third-order valence-electron chi connectivity index (χ3n) is 4.33. The van der Waals surface area contributed by atoms with Crippen molar-refractivity contribution in [1.82, 2.24) is 10.2 Å². The Morgan fingerprint density at radius 2 is 1.81 bits per heavy atom. The van der Waals surface area contributed by atoms with Crippen LogP contribution in [0, 0.1) is 0 Å². The van der Waals surface area contributed by atoms with E-state index in [0.717, 1.165) is 5.56 Å². The molecule has 2 aromatic carbocycles. The zero-order valence-electron chi connectivity index (χ0n) is 15.0. The van der Waals surface area contributed by atoms with Crippen molar-refractivity contribution >= 4 is 23.5 Å². The Bertz CT molecular complexity index is 838. The van der Waals surface area contributed by atoms with Gasteiger partial charge in [0.1, 0.15) is 11.8 Å². The van der Waals surface area contributed by atoms with Crippen molar-refractivity contribution in [3.05, 3.63) is 60.2 Å². The molecule has 1 aliphatic rings. The van der Waals surface area contributed by atoms with Crippen LogP contribution in [0.5, 0.6) is 5.75 Å². The van der Waals surface area contributed by atoms with Crippen molar-refractivity contribution in [1.29, 1.82) is 0 Å². The second kappa shape index (κ2) is 8.35. The van der Waals surface area contributed by atoms with Gasteiger partial charge in [-0.25, -0.2) is 4.79 Å². The van der Waals surface area contributed by atoms with Crippen LogP contribution in [-0.2, 0) is 16.1 Å². The van der Waals surface area contributed by atoms with E-state index in [9.17, 15) is 14.4 Å². The first-order valence-electron chi connectivity index (χ1n) is 8.67. The van der Waals surface area contributed by atoms with Crippen LogP contribution in [0.1, 0.15) is 18.4 Å². The molecule has 4 amide bonds. The molecule has 0 radical (unpaired) electrons. The highest BCUT2D eigenvalue weighted by atomic mass is 16.5. The quantitative estimate of drug-likeness (QED) is 0.736. The van der Waals surface area contributed by atoms with Gasteiger partial charge >= 0.3 is 6.03 Å². The molecule has 27 heavy (non-hydrogen) atoms. The topological polar surface area (TPSA) is 87.7 Å². The molecule has 7 nitrogen and oxygen atoms in total. The van der Waals surface area contributed by atoms with E-state index in [0.29, 0.717) is 11.4 Å². The summed E-state index contributed by atoms with van der Waals surface area (Å²) in [4.78, 5) is 38.0. The minimum Gasteiger partial charge on any atom is -0.495 e. The van der Waals surface area contributed by atoms with Gasteiger partial charge in [-0.05, 0) is 24.1 Å². The van der Waals surface area contributed by atoms with Crippen LogP contribution in [0.2, 0.25) is 0 Å². The zero-order chi connectivity index (χ0) is 19.2. The maximum Gasteiger partial charge on any atom is 0.325 e. The molecule has 0 aliphatic carbocycles. The number of nitrogens with zero attached hydrogens (tertiary/aromatic N) is 1. The van der Waals surface area contributed by atoms with Gasteiger partial charge in [0, 0.05) is 6.42 Å². The first-order chi connectivity index (χ1) is 13.1. The number of methoxy groups -OCH3 is 1. The van der Waals surface area contributed by atoms with E-state index >= 15 is 0 Å². The van der Waals surface area contributed by atoms with E-state index in [1.54, 1.807) is 18.2 Å². The summed E-state index contributed by atoms with van der Waals surface area (Å²) in [5.41, 5.74) is 1.44. The van der Waals surface area contributed by atoms with E-state index < -0.39 is 12.1 Å². The highest BCUT2D eigenvalue weighted by Gasteiger charge is 2.37. The van der Waals surface area contributed by atoms with Crippen molar-refractivity contribution in [2.45, 2.75) is 25.4 Å². The number of imide groups is 1. The molecule has 1 saturated heterocycles. The van der Waals surface area contributed by atoms with Crippen molar-refractivity contribution < 1.29 is 19.1 Å². The van der Waals surface area contributed by atoms with Crippen molar-refractivity contribution in [2.75, 3.05) is 12.4 Å². The van der Waals surface area contributed by atoms with Crippen LogP contribution < -0.4 is 15.4 Å². The molecule has 7 heteroatoms. The maximum absolute atomic E-state index is 12.5. The molecule has 0 spiro atoms. The number of hydrogen-bond donors (Lipinski definition) is 2. The maximum atomic E-state index is 12.5. The van der Waals surface area contributed by atoms with Crippen molar-refractivity contribution in [3.8, 4) is 5.75 Å². The summed E-state index contributed by atoms with van der Waals surface area (Å²) in [7, 11) is 1.53. The Balaban J connectivity index is 1.54. The molecule has 0 saturated carbocycles. The van der Waals surface area contributed by atoms with Gasteiger partial charge in [-0.3, -0.25) is 14.5 Å². The average molecular weight is 367 g/mol. The minimum atomic E-state index is -0.690. The number of nitrogens with one attached hydrogen (secondary N) is 2. The third-order valence-corrected chi connectivity index (χ3v) is 4.33. The fraction of sp³-hybridized carbons (Fsp3) is 0.250. The van der Waals surface area contributed by atoms with Crippen LogP contribution in [-0.4, -0.2) is 35.9 Å². The Labute approximate surface area is 157 Å². The molecule has 140 valence electrons. The molecule has 0 unspecified atom stereocenters. The normalized spacial score (nSPS) is 16.2. The van der Waals surface area contributed by atoms with E-state index in [1.165, 1.54) is 12.0 Å². The fourth-order valence-corrected chi connectivity index (χ4v) is 2.92. The molecule has 0 aromatic heterocycles. The number of hydrogen-bond acceptors (Lipinski definition) is 4. The minimum absolute atomic E-state index is 0.105. The van der Waals surface area contributed by atoms with Gasteiger partial charge in [-0.15, -0.1) is 0 Å². The lowest BCUT2D eigenvalue weighted by atomic mass is 10.1. The van der Waals surface area contributed by atoms with E-state index in [-0.39, 0.29) is 31.2 Å². The number of anilines is 1. The summed E-state index contributed by atoms with van der Waals surface area (Å²) in [6.07, 6.45) is 0.338. The molecule has 1 heterocycles. The number of ether oxygens (including phenoxy) is 1. The number of carbonyl (C=O) groups is 3. The number of para-hydroxylation sites is 2. The molecule has 1 aliphatic heterocycles. The van der Waals surface area contributed by atoms with Crippen molar-refractivity contribution in [2.24, 2.45) is 0 Å². The Hall–Kier alpha value is -3.35. The molecular formula is C20H21N3O4. The molecule has 3 rings (SSSR count).